The molecule has 0 aliphatic heterocycles. The van der Waals surface area contributed by atoms with Crippen molar-refractivity contribution in [3.05, 3.63) is 155 Å². The summed E-state index contributed by atoms with van der Waals surface area (Å²) in [6.07, 6.45) is 8.10. The first-order chi connectivity index (χ1) is 20.5. The maximum Gasteiger partial charge on any atom is 0.0647 e. The van der Waals surface area contributed by atoms with E-state index in [1.165, 1.54) is 71.8 Å². The smallest absolute Gasteiger partial charge is 0.0647 e. The average Bonchev–Trinajstić information content (AvgIpc) is 3.81. The average molecular weight is 547 g/mol. The number of aromatic amines is 4. The minimum atomic E-state index is 0.0244. The normalized spacial score (nSPS) is 12.6. The molecule has 206 valence electrons. The first-order valence-electron chi connectivity index (χ1n) is 14.8. The molecule has 0 amide bonds. The summed E-state index contributed by atoms with van der Waals surface area (Å²) < 4.78 is 0. The zero-order valence-corrected chi connectivity index (χ0v) is 24.1. The van der Waals surface area contributed by atoms with E-state index in [1.54, 1.807) is 0 Å². The summed E-state index contributed by atoms with van der Waals surface area (Å²) in [4.78, 5) is 14.2. The molecule has 4 aromatic heterocycles. The predicted octanol–water partition coefficient (Wildman–Crippen LogP) is 9.55. The highest BCUT2D eigenvalue weighted by atomic mass is 14.8. The molecule has 0 fully saturated rings. The summed E-state index contributed by atoms with van der Waals surface area (Å²) in [6, 6.07) is 33.8. The van der Waals surface area contributed by atoms with Crippen LogP contribution in [0.15, 0.2) is 116 Å². The van der Waals surface area contributed by atoms with E-state index in [0.717, 1.165) is 0 Å². The zero-order valence-electron chi connectivity index (χ0n) is 24.1. The van der Waals surface area contributed by atoms with Crippen LogP contribution in [-0.2, 0) is 5.41 Å². The van der Waals surface area contributed by atoms with Crippen molar-refractivity contribution < 1.29 is 0 Å². The molecule has 0 saturated carbocycles. The van der Waals surface area contributed by atoms with Gasteiger partial charge in [0.25, 0.3) is 0 Å². The van der Waals surface area contributed by atoms with E-state index in [9.17, 15) is 0 Å². The molecule has 4 aromatic carbocycles. The van der Waals surface area contributed by atoms with Crippen molar-refractivity contribution in [1.82, 2.24) is 19.9 Å². The number of aromatic nitrogens is 4. The van der Waals surface area contributed by atoms with Gasteiger partial charge in [-0.25, -0.2) is 0 Å². The minimum absolute atomic E-state index is 0.0244. The van der Waals surface area contributed by atoms with Gasteiger partial charge in [0.15, 0.2) is 0 Å². The van der Waals surface area contributed by atoms with E-state index in [0.29, 0.717) is 0 Å². The molecular formula is C38H34N4. The van der Waals surface area contributed by atoms with Crippen LogP contribution in [0.5, 0.6) is 0 Å². The topological polar surface area (TPSA) is 63.2 Å². The lowest BCUT2D eigenvalue weighted by Gasteiger charge is -2.26. The van der Waals surface area contributed by atoms with E-state index in [2.05, 4.69) is 132 Å². The second-order valence-electron chi connectivity index (χ2n) is 12.6. The summed E-state index contributed by atoms with van der Waals surface area (Å²) in [5, 5.41) is 7.86. The molecule has 0 bridgehead atoms. The Morgan fingerprint density at radius 2 is 0.881 bits per heavy atom. The number of H-pyrrole nitrogens is 4. The summed E-state index contributed by atoms with van der Waals surface area (Å²) in [5.74, 6) is 0.0489. The van der Waals surface area contributed by atoms with Gasteiger partial charge in [0.1, 0.15) is 0 Å². The standard InChI is InChI=1S/C38H34N4/c1-38(2,3)25-20-23-12-14-26-28(36(30-8-4-16-39-30)31-9-5-17-40-31)22-29(27-15-13-24(21-25)34(23)35(26)27)37(32-10-6-18-41-32)33-11-7-19-42-33/h4-22,36-37,39-42H,1-3H3. The van der Waals surface area contributed by atoms with E-state index in [1.807, 2.05) is 24.8 Å². The molecular weight excluding hydrogens is 512 g/mol. The lowest BCUT2D eigenvalue weighted by molar-refractivity contribution is 0.591. The highest BCUT2D eigenvalue weighted by Gasteiger charge is 2.28. The Balaban J connectivity index is 1.53. The molecule has 4 heterocycles. The van der Waals surface area contributed by atoms with Crippen LogP contribution in [0.1, 0.15) is 72.1 Å². The van der Waals surface area contributed by atoms with Gasteiger partial charge in [-0.1, -0.05) is 63.2 Å². The van der Waals surface area contributed by atoms with Gasteiger partial charge in [-0.2, -0.15) is 0 Å². The minimum Gasteiger partial charge on any atom is -0.364 e. The van der Waals surface area contributed by atoms with Crippen molar-refractivity contribution in [2.24, 2.45) is 0 Å². The lowest BCUT2D eigenvalue weighted by Crippen LogP contribution is -2.12. The Labute approximate surface area is 245 Å². The van der Waals surface area contributed by atoms with Gasteiger partial charge >= 0.3 is 0 Å². The first-order valence-corrected chi connectivity index (χ1v) is 14.8. The molecule has 4 heteroatoms. The summed E-state index contributed by atoms with van der Waals surface area (Å²) in [7, 11) is 0. The van der Waals surface area contributed by atoms with Crippen LogP contribution in [0.2, 0.25) is 0 Å². The molecule has 0 saturated heterocycles. The molecule has 0 aliphatic carbocycles. The van der Waals surface area contributed by atoms with E-state index < -0.39 is 0 Å². The van der Waals surface area contributed by atoms with Crippen LogP contribution >= 0.6 is 0 Å². The Bertz CT molecular complexity index is 1900. The third kappa shape index (κ3) is 3.82. The van der Waals surface area contributed by atoms with Crippen LogP contribution in [0.4, 0.5) is 0 Å². The van der Waals surface area contributed by atoms with Crippen molar-refractivity contribution in [1.29, 1.82) is 0 Å². The Hall–Kier alpha value is -4.96. The fraction of sp³-hybridized carbons (Fsp3) is 0.158. The molecule has 4 nitrogen and oxygen atoms in total. The fourth-order valence-electron chi connectivity index (χ4n) is 6.98. The summed E-state index contributed by atoms with van der Waals surface area (Å²) in [6.45, 7) is 6.89. The number of benzene rings is 4. The second kappa shape index (κ2) is 9.28. The van der Waals surface area contributed by atoms with Gasteiger partial charge in [0.05, 0.1) is 11.8 Å². The van der Waals surface area contributed by atoms with Gasteiger partial charge < -0.3 is 19.9 Å². The SMILES string of the molecule is CC(C)(C)c1cc2ccc3c(C(c4ccc[nH]4)c4ccc[nH]4)cc(C(c4ccc[nH]4)c4ccc[nH]4)c4ccc(c1)c2c34. The third-order valence-corrected chi connectivity index (χ3v) is 9.00. The van der Waals surface area contributed by atoms with Crippen LogP contribution in [-0.4, -0.2) is 19.9 Å². The highest BCUT2D eigenvalue weighted by Crippen LogP contribution is 2.46. The molecule has 0 radical (unpaired) electrons. The van der Waals surface area contributed by atoms with Gasteiger partial charge in [0, 0.05) is 47.6 Å². The van der Waals surface area contributed by atoms with Crippen LogP contribution in [0.3, 0.4) is 0 Å². The Morgan fingerprint density at radius 3 is 1.21 bits per heavy atom. The quantitative estimate of drug-likeness (QED) is 0.150. The number of rotatable bonds is 6. The summed E-state index contributed by atoms with van der Waals surface area (Å²) in [5.41, 5.74) is 8.70. The molecule has 0 unspecified atom stereocenters. The van der Waals surface area contributed by atoms with Crippen LogP contribution in [0.25, 0.3) is 32.3 Å². The van der Waals surface area contributed by atoms with E-state index in [4.69, 9.17) is 0 Å². The van der Waals surface area contributed by atoms with Gasteiger partial charge in [-0.05, 0) is 103 Å². The number of nitrogens with one attached hydrogen (secondary N) is 4. The van der Waals surface area contributed by atoms with Crippen LogP contribution in [0, 0.1) is 0 Å². The molecule has 8 rings (SSSR count). The van der Waals surface area contributed by atoms with Gasteiger partial charge in [0.2, 0.25) is 0 Å². The van der Waals surface area contributed by atoms with Crippen molar-refractivity contribution in [3.63, 3.8) is 0 Å². The maximum absolute atomic E-state index is 3.55. The molecule has 8 aromatic rings. The van der Waals surface area contributed by atoms with Crippen molar-refractivity contribution >= 4 is 32.3 Å². The maximum atomic E-state index is 3.55. The Kier molecular flexibility index (Phi) is 5.48. The van der Waals surface area contributed by atoms with Crippen molar-refractivity contribution in [2.75, 3.05) is 0 Å². The predicted molar refractivity (Wildman–Crippen MR) is 174 cm³/mol. The molecule has 0 atom stereocenters. The number of hydrogen-bond acceptors (Lipinski definition) is 0. The number of hydrogen-bond donors (Lipinski definition) is 4. The summed E-state index contributed by atoms with van der Waals surface area (Å²) >= 11 is 0. The lowest BCUT2D eigenvalue weighted by atomic mass is 9.78. The largest absolute Gasteiger partial charge is 0.364 e. The van der Waals surface area contributed by atoms with Crippen LogP contribution < -0.4 is 0 Å². The Morgan fingerprint density at radius 1 is 0.476 bits per heavy atom. The van der Waals surface area contributed by atoms with Crippen molar-refractivity contribution in [2.45, 2.75) is 38.0 Å². The first kappa shape index (κ1) is 24.8. The van der Waals surface area contributed by atoms with Gasteiger partial charge in [-0.15, -0.1) is 0 Å². The van der Waals surface area contributed by atoms with E-state index in [-0.39, 0.29) is 17.3 Å². The molecule has 4 N–H and O–H groups in total. The molecule has 0 aliphatic rings. The third-order valence-electron chi connectivity index (χ3n) is 9.00. The monoisotopic (exact) mass is 546 g/mol. The van der Waals surface area contributed by atoms with Crippen molar-refractivity contribution in [3.8, 4) is 0 Å². The molecule has 0 spiro atoms. The zero-order chi connectivity index (χ0) is 28.4. The van der Waals surface area contributed by atoms with E-state index >= 15 is 0 Å². The highest BCUT2D eigenvalue weighted by molar-refractivity contribution is 6.24. The fourth-order valence-corrected chi connectivity index (χ4v) is 6.98. The van der Waals surface area contributed by atoms with Gasteiger partial charge in [-0.3, -0.25) is 0 Å². The molecule has 42 heavy (non-hydrogen) atoms. The second-order valence-corrected chi connectivity index (χ2v) is 12.6.